The molecule has 0 aliphatic heterocycles. The van der Waals surface area contributed by atoms with Crippen LogP contribution in [0.1, 0.15) is 226 Å². The third kappa shape index (κ3) is 46.8. The van der Waals surface area contributed by atoms with Crippen LogP contribution in [0.2, 0.25) is 0 Å². The lowest BCUT2D eigenvalue weighted by atomic mass is 10.0. The van der Waals surface area contributed by atoms with Gasteiger partial charge in [0.25, 0.3) is 0 Å². The zero-order chi connectivity index (χ0) is 47.4. The number of allylic oxidation sites excluding steroid dienone is 18. The first-order chi connectivity index (χ1) is 32.0. The monoisotopic (exact) mass is 902 g/mol. The number of ether oxygens (including phenoxy) is 1. The van der Waals surface area contributed by atoms with Gasteiger partial charge in [-0.1, -0.05) is 259 Å². The zero-order valence-electron chi connectivity index (χ0n) is 42.1. The Morgan fingerprint density at radius 1 is 0.462 bits per heavy atom. The van der Waals surface area contributed by atoms with E-state index in [-0.39, 0.29) is 24.9 Å². The summed E-state index contributed by atoms with van der Waals surface area (Å²) in [7, 11) is 0. The van der Waals surface area contributed by atoms with Gasteiger partial charge in [-0.3, -0.25) is 9.59 Å². The second-order valence-electron chi connectivity index (χ2n) is 17.8. The van der Waals surface area contributed by atoms with Gasteiger partial charge >= 0.3 is 5.97 Å². The van der Waals surface area contributed by atoms with Crippen molar-refractivity contribution in [1.29, 1.82) is 0 Å². The van der Waals surface area contributed by atoms with E-state index in [9.17, 15) is 19.8 Å². The van der Waals surface area contributed by atoms with E-state index in [0.717, 1.165) is 89.9 Å². The molecule has 0 aliphatic rings. The summed E-state index contributed by atoms with van der Waals surface area (Å²) in [6, 6.07) is -0.732. The fraction of sp³-hybridized carbons (Fsp3) is 0.661. The summed E-state index contributed by atoms with van der Waals surface area (Å²) in [6.45, 7) is 6.24. The highest BCUT2D eigenvalue weighted by atomic mass is 16.5. The van der Waals surface area contributed by atoms with Crippen LogP contribution in [0.4, 0.5) is 0 Å². The maximum absolute atomic E-state index is 13.2. The van der Waals surface area contributed by atoms with E-state index in [1.54, 1.807) is 0 Å². The number of amides is 1. The van der Waals surface area contributed by atoms with Crippen molar-refractivity contribution < 1.29 is 24.5 Å². The van der Waals surface area contributed by atoms with Crippen LogP contribution in [-0.2, 0) is 14.3 Å². The van der Waals surface area contributed by atoms with E-state index in [4.69, 9.17) is 4.74 Å². The third-order valence-corrected chi connectivity index (χ3v) is 11.5. The Bertz CT molecular complexity index is 1330. The molecule has 0 rings (SSSR count). The van der Waals surface area contributed by atoms with Crippen LogP contribution in [0, 0.1) is 0 Å². The molecular formula is C59H99NO5. The Balaban J connectivity index is 4.70. The molecule has 6 heteroatoms. The number of carbonyl (C=O) groups excluding carboxylic acids is 2. The minimum Gasteiger partial charge on any atom is -0.462 e. The van der Waals surface area contributed by atoms with Crippen molar-refractivity contribution in [3.05, 3.63) is 109 Å². The van der Waals surface area contributed by atoms with Crippen LogP contribution in [0.25, 0.3) is 0 Å². The molecule has 65 heavy (non-hydrogen) atoms. The summed E-state index contributed by atoms with van der Waals surface area (Å²) >= 11 is 0. The van der Waals surface area contributed by atoms with Gasteiger partial charge in [-0.2, -0.15) is 0 Å². The van der Waals surface area contributed by atoms with Crippen LogP contribution >= 0.6 is 0 Å². The fourth-order valence-corrected chi connectivity index (χ4v) is 7.53. The lowest BCUT2D eigenvalue weighted by molar-refractivity contribution is -0.151. The highest BCUT2D eigenvalue weighted by Crippen LogP contribution is 2.17. The Morgan fingerprint density at radius 3 is 1.32 bits per heavy atom. The first kappa shape index (κ1) is 61.5. The average molecular weight is 902 g/mol. The maximum Gasteiger partial charge on any atom is 0.306 e. The van der Waals surface area contributed by atoms with Crippen molar-refractivity contribution in [2.24, 2.45) is 0 Å². The number of aliphatic hydroxyl groups excluding tert-OH is 2. The first-order valence-electron chi connectivity index (χ1n) is 26.7. The van der Waals surface area contributed by atoms with Gasteiger partial charge in [-0.15, -0.1) is 0 Å². The molecule has 0 heterocycles. The zero-order valence-corrected chi connectivity index (χ0v) is 42.1. The molecule has 0 aliphatic carbocycles. The van der Waals surface area contributed by atoms with E-state index >= 15 is 0 Å². The van der Waals surface area contributed by atoms with Crippen LogP contribution < -0.4 is 5.32 Å². The Hall–Kier alpha value is -3.48. The number of hydrogen-bond donors (Lipinski definition) is 3. The van der Waals surface area contributed by atoms with Gasteiger partial charge in [0.05, 0.1) is 25.2 Å². The van der Waals surface area contributed by atoms with Crippen LogP contribution in [0.3, 0.4) is 0 Å². The Morgan fingerprint density at radius 2 is 0.862 bits per heavy atom. The highest BCUT2D eigenvalue weighted by molar-refractivity contribution is 5.77. The molecule has 370 valence electrons. The molecule has 3 unspecified atom stereocenters. The number of nitrogens with one attached hydrogen (secondary N) is 1. The molecule has 0 fully saturated rings. The standard InChI is InChI=1S/C59H99NO5/c1-4-7-10-13-16-19-22-25-27-29-31-34-36-39-42-45-48-51-57(62)56(54-61)60-58(63)53-55(50-47-44-41-38-35-33-30-28-26-23-20-17-14-11-8-5-2)65-59(64)52-49-46-43-40-37-32-24-21-18-15-12-9-6-3/h9,11-12,14-15,17-18,20-21,23-24,26,28,30,32-33,35,37,55-57,61-62H,4-8,10,13,16,19,22,25,27,29,31,34,36,38-54H2,1-3H3,(H,60,63)/b12-9+,14-11+,18-15+,20-17+,24-21-,26-23+,30-28+,35-33+,37-32-. The fourth-order valence-electron chi connectivity index (χ4n) is 7.53. The number of carbonyl (C=O) groups is 2. The van der Waals surface area contributed by atoms with Gasteiger partial charge in [-0.25, -0.2) is 0 Å². The summed E-state index contributed by atoms with van der Waals surface area (Å²) in [4.78, 5) is 26.2. The molecule has 0 aromatic heterocycles. The van der Waals surface area contributed by atoms with Gasteiger partial charge in [0, 0.05) is 6.42 Å². The molecule has 3 atom stereocenters. The van der Waals surface area contributed by atoms with Crippen LogP contribution in [0.15, 0.2) is 109 Å². The molecule has 0 spiro atoms. The second-order valence-corrected chi connectivity index (χ2v) is 17.8. The number of aliphatic hydroxyl groups is 2. The molecular weight excluding hydrogens is 803 g/mol. The summed E-state index contributed by atoms with van der Waals surface area (Å²) in [5.74, 6) is -0.570. The maximum atomic E-state index is 13.2. The van der Waals surface area contributed by atoms with Crippen molar-refractivity contribution in [1.82, 2.24) is 5.32 Å². The lowest BCUT2D eigenvalue weighted by Gasteiger charge is -2.24. The van der Waals surface area contributed by atoms with Crippen LogP contribution in [0.5, 0.6) is 0 Å². The molecule has 6 nitrogen and oxygen atoms in total. The van der Waals surface area contributed by atoms with Crippen molar-refractivity contribution in [3.63, 3.8) is 0 Å². The van der Waals surface area contributed by atoms with E-state index in [0.29, 0.717) is 19.3 Å². The minimum atomic E-state index is -0.814. The molecule has 0 saturated carbocycles. The minimum absolute atomic E-state index is 0.0267. The van der Waals surface area contributed by atoms with Crippen LogP contribution in [-0.4, -0.2) is 46.9 Å². The van der Waals surface area contributed by atoms with E-state index in [2.05, 4.69) is 68.6 Å². The average Bonchev–Trinajstić information content (AvgIpc) is 3.30. The largest absolute Gasteiger partial charge is 0.462 e. The van der Waals surface area contributed by atoms with E-state index < -0.39 is 18.2 Å². The normalized spacial score (nSPS) is 14.1. The summed E-state index contributed by atoms with van der Waals surface area (Å²) in [5.41, 5.74) is 0. The van der Waals surface area contributed by atoms with E-state index in [1.165, 1.54) is 89.9 Å². The van der Waals surface area contributed by atoms with Gasteiger partial charge in [0.2, 0.25) is 5.91 Å². The Labute approximate surface area is 400 Å². The second kappa shape index (κ2) is 51.5. The molecule has 0 bridgehead atoms. The number of unbranched alkanes of at least 4 members (excludes halogenated alkanes) is 23. The van der Waals surface area contributed by atoms with Gasteiger partial charge in [0.1, 0.15) is 6.10 Å². The first-order valence-corrected chi connectivity index (χ1v) is 26.7. The lowest BCUT2D eigenvalue weighted by Crippen LogP contribution is -2.46. The number of esters is 1. The van der Waals surface area contributed by atoms with Gasteiger partial charge in [0.15, 0.2) is 0 Å². The molecule has 0 radical (unpaired) electrons. The van der Waals surface area contributed by atoms with Crippen molar-refractivity contribution >= 4 is 11.9 Å². The van der Waals surface area contributed by atoms with Crippen molar-refractivity contribution in [2.75, 3.05) is 6.61 Å². The third-order valence-electron chi connectivity index (χ3n) is 11.5. The smallest absolute Gasteiger partial charge is 0.306 e. The molecule has 3 N–H and O–H groups in total. The molecule has 1 amide bonds. The number of hydrogen-bond acceptors (Lipinski definition) is 5. The Kier molecular flexibility index (Phi) is 48.7. The van der Waals surface area contributed by atoms with Gasteiger partial charge in [-0.05, 0) is 64.2 Å². The van der Waals surface area contributed by atoms with Crippen molar-refractivity contribution in [2.45, 2.75) is 244 Å². The summed E-state index contributed by atoms with van der Waals surface area (Å²) < 4.78 is 5.90. The summed E-state index contributed by atoms with van der Waals surface area (Å²) in [5, 5.41) is 23.8. The molecule has 0 saturated heterocycles. The highest BCUT2D eigenvalue weighted by Gasteiger charge is 2.24. The van der Waals surface area contributed by atoms with Gasteiger partial charge < -0.3 is 20.3 Å². The molecule has 0 aromatic rings. The summed E-state index contributed by atoms with van der Waals surface area (Å²) in [6.07, 6.45) is 70.0. The topological polar surface area (TPSA) is 95.9 Å². The quantitative estimate of drug-likeness (QED) is 0.0321. The SMILES string of the molecule is CC/C=C/C=C/C=C\C=C/CCCCCC(=O)OC(CCCCC/C=C/C=C/C=C/C=C/C=C/CCC)CC(=O)NC(CO)C(O)CCCCCCCCCCCCCCCCCCC. The van der Waals surface area contributed by atoms with E-state index in [1.807, 2.05) is 66.8 Å². The number of rotatable bonds is 46. The predicted molar refractivity (Wildman–Crippen MR) is 282 cm³/mol. The molecule has 0 aromatic carbocycles. The predicted octanol–water partition coefficient (Wildman–Crippen LogP) is 16.3. The van der Waals surface area contributed by atoms with Crippen molar-refractivity contribution in [3.8, 4) is 0 Å².